The minimum atomic E-state index is 0. The summed E-state index contributed by atoms with van der Waals surface area (Å²) in [5.41, 5.74) is 0. The Hall–Kier alpha value is -0.320. The molecule has 4 nitrogen and oxygen atoms in total. The fourth-order valence-corrected chi connectivity index (χ4v) is 1.83. The van der Waals surface area contributed by atoms with Gasteiger partial charge in [0.15, 0.2) is 0 Å². The fourth-order valence-electron chi connectivity index (χ4n) is 1.83. The summed E-state index contributed by atoms with van der Waals surface area (Å²) < 4.78 is 5.26. The Kier molecular flexibility index (Phi) is 8.61. The molecule has 0 bridgehead atoms. The second-order valence-corrected chi connectivity index (χ2v) is 4.02. The molecule has 1 saturated heterocycles. The van der Waals surface area contributed by atoms with Crippen molar-refractivity contribution in [2.24, 2.45) is 0 Å². The Morgan fingerprint density at radius 3 is 2.94 bits per heavy atom. The summed E-state index contributed by atoms with van der Waals surface area (Å²) in [6, 6.07) is 0.453. The van der Waals surface area contributed by atoms with Crippen LogP contribution in [0.4, 0.5) is 0 Å². The van der Waals surface area contributed by atoms with Crippen molar-refractivity contribution < 1.29 is 9.53 Å². The molecule has 5 heteroatoms. The van der Waals surface area contributed by atoms with E-state index in [1.165, 1.54) is 0 Å². The van der Waals surface area contributed by atoms with E-state index >= 15 is 0 Å². The number of hydrogen-bond donors (Lipinski definition) is 1. The topological polar surface area (TPSA) is 41.6 Å². The van der Waals surface area contributed by atoms with Gasteiger partial charge in [-0.15, -0.1) is 12.4 Å². The van der Waals surface area contributed by atoms with Gasteiger partial charge in [0.05, 0.1) is 0 Å². The first-order valence-corrected chi connectivity index (χ1v) is 5.80. The molecule has 0 aromatic rings. The third kappa shape index (κ3) is 5.14. The zero-order chi connectivity index (χ0) is 11.1. The van der Waals surface area contributed by atoms with Gasteiger partial charge in [0.1, 0.15) is 6.61 Å². The predicted molar refractivity (Wildman–Crippen MR) is 67.0 cm³/mol. The summed E-state index contributed by atoms with van der Waals surface area (Å²) in [5, 5.41) is 3.22. The fraction of sp³-hybridized carbons (Fsp3) is 0.909. The zero-order valence-corrected chi connectivity index (χ0v) is 11.0. The molecule has 0 saturated carbocycles. The summed E-state index contributed by atoms with van der Waals surface area (Å²) in [4.78, 5) is 13.6. The molecule has 0 aromatic heterocycles. The molecule has 1 heterocycles. The highest BCUT2D eigenvalue weighted by atomic mass is 35.5. The van der Waals surface area contributed by atoms with Gasteiger partial charge < -0.3 is 15.0 Å². The van der Waals surface area contributed by atoms with Crippen molar-refractivity contribution in [1.29, 1.82) is 0 Å². The van der Waals surface area contributed by atoms with Gasteiger partial charge in [0, 0.05) is 25.7 Å². The van der Waals surface area contributed by atoms with Crippen LogP contribution in [0, 0.1) is 0 Å². The molecule has 0 radical (unpaired) electrons. The van der Waals surface area contributed by atoms with Gasteiger partial charge >= 0.3 is 0 Å². The maximum absolute atomic E-state index is 11.7. The number of nitrogens with one attached hydrogen (secondary N) is 1. The van der Waals surface area contributed by atoms with Crippen LogP contribution < -0.4 is 5.32 Å². The zero-order valence-electron chi connectivity index (χ0n) is 10.2. The van der Waals surface area contributed by atoms with E-state index in [0.29, 0.717) is 12.6 Å². The van der Waals surface area contributed by atoms with E-state index in [1.807, 2.05) is 18.9 Å². The van der Waals surface area contributed by atoms with Gasteiger partial charge in [0.25, 0.3) is 0 Å². The maximum Gasteiger partial charge on any atom is 0.248 e. The second kappa shape index (κ2) is 8.79. The van der Waals surface area contributed by atoms with E-state index in [1.54, 1.807) is 0 Å². The number of likely N-dealkylation sites (N-methyl/N-ethyl adjacent to an activating group) is 1. The second-order valence-electron chi connectivity index (χ2n) is 4.02. The van der Waals surface area contributed by atoms with Crippen LogP contribution in [0.3, 0.4) is 0 Å². The molecule has 0 spiro atoms. The van der Waals surface area contributed by atoms with Gasteiger partial charge in [-0.1, -0.05) is 6.92 Å². The smallest absolute Gasteiger partial charge is 0.248 e. The first kappa shape index (κ1) is 15.7. The molecular weight excluding hydrogens is 228 g/mol. The molecule has 1 fully saturated rings. The third-order valence-corrected chi connectivity index (χ3v) is 2.76. The number of halogens is 1. The van der Waals surface area contributed by atoms with Gasteiger partial charge in [0.2, 0.25) is 5.91 Å². The molecule has 16 heavy (non-hydrogen) atoms. The van der Waals surface area contributed by atoms with Gasteiger partial charge in [-0.25, -0.2) is 0 Å². The lowest BCUT2D eigenvalue weighted by atomic mass is 10.1. The molecule has 1 atom stereocenters. The number of carbonyl (C=O) groups excluding carboxylic acids is 1. The van der Waals surface area contributed by atoms with E-state index in [9.17, 15) is 4.79 Å². The van der Waals surface area contributed by atoms with E-state index in [0.717, 1.165) is 32.4 Å². The number of ether oxygens (including phenoxy) is 1. The lowest BCUT2D eigenvalue weighted by Crippen LogP contribution is -2.48. The lowest BCUT2D eigenvalue weighted by Gasteiger charge is -2.32. The first-order chi connectivity index (χ1) is 7.27. The lowest BCUT2D eigenvalue weighted by molar-refractivity contribution is -0.137. The van der Waals surface area contributed by atoms with E-state index in [4.69, 9.17) is 4.74 Å². The minimum Gasteiger partial charge on any atom is -0.372 e. The van der Waals surface area contributed by atoms with Crippen LogP contribution in [-0.4, -0.2) is 50.2 Å². The minimum absolute atomic E-state index is 0. The van der Waals surface area contributed by atoms with Crippen LogP contribution in [0.25, 0.3) is 0 Å². The third-order valence-electron chi connectivity index (χ3n) is 2.76. The van der Waals surface area contributed by atoms with E-state index < -0.39 is 0 Å². The maximum atomic E-state index is 11.7. The Balaban J connectivity index is 0.00000225. The summed E-state index contributed by atoms with van der Waals surface area (Å²) in [6.07, 6.45) is 3.22. The molecule has 0 aliphatic carbocycles. The van der Waals surface area contributed by atoms with Crippen molar-refractivity contribution in [2.75, 3.05) is 33.4 Å². The molecule has 0 aromatic carbocycles. The average Bonchev–Trinajstić information content (AvgIpc) is 2.29. The number of hydrogen-bond acceptors (Lipinski definition) is 3. The van der Waals surface area contributed by atoms with Crippen LogP contribution in [0.15, 0.2) is 0 Å². The molecule has 1 aliphatic rings. The number of nitrogens with zero attached hydrogens (tertiary/aromatic N) is 1. The Morgan fingerprint density at radius 1 is 1.56 bits per heavy atom. The van der Waals surface area contributed by atoms with Crippen molar-refractivity contribution in [2.45, 2.75) is 32.2 Å². The van der Waals surface area contributed by atoms with Crippen molar-refractivity contribution in [1.82, 2.24) is 10.2 Å². The Morgan fingerprint density at radius 2 is 2.31 bits per heavy atom. The highest BCUT2D eigenvalue weighted by Gasteiger charge is 2.22. The summed E-state index contributed by atoms with van der Waals surface area (Å²) in [7, 11) is 1.95. The van der Waals surface area contributed by atoms with Crippen molar-refractivity contribution in [3.63, 3.8) is 0 Å². The number of likely N-dealkylation sites (tertiary alicyclic amines) is 1. The van der Waals surface area contributed by atoms with Crippen LogP contribution in [0.5, 0.6) is 0 Å². The van der Waals surface area contributed by atoms with Crippen molar-refractivity contribution >= 4 is 18.3 Å². The van der Waals surface area contributed by atoms with Gasteiger partial charge in [-0.3, -0.25) is 4.79 Å². The number of rotatable bonds is 5. The Bertz CT molecular complexity index is 202. The first-order valence-electron chi connectivity index (χ1n) is 5.80. The van der Waals surface area contributed by atoms with Crippen LogP contribution >= 0.6 is 12.4 Å². The van der Waals surface area contributed by atoms with Crippen LogP contribution in [0.1, 0.15) is 26.2 Å². The molecule has 1 rings (SSSR count). The van der Waals surface area contributed by atoms with Crippen molar-refractivity contribution in [3.8, 4) is 0 Å². The number of piperidine rings is 1. The number of amides is 1. The summed E-state index contributed by atoms with van der Waals surface area (Å²) in [5.74, 6) is 0.128. The molecular formula is C11H23ClN2O2. The van der Waals surface area contributed by atoms with Gasteiger partial charge in [-0.2, -0.15) is 0 Å². The molecule has 1 N–H and O–H groups in total. The summed E-state index contributed by atoms with van der Waals surface area (Å²) in [6.45, 7) is 4.67. The number of carbonyl (C=O) groups is 1. The quantitative estimate of drug-likeness (QED) is 0.742. The molecule has 1 amide bonds. The van der Waals surface area contributed by atoms with Crippen molar-refractivity contribution in [3.05, 3.63) is 0 Å². The highest BCUT2D eigenvalue weighted by Crippen LogP contribution is 2.09. The molecule has 96 valence electrons. The van der Waals surface area contributed by atoms with E-state index in [-0.39, 0.29) is 24.9 Å². The predicted octanol–water partition coefficient (Wildman–Crippen LogP) is 1.05. The Labute approximate surface area is 104 Å². The SMILES string of the molecule is CCCOCC(=O)N1CCCC(NC)C1.Cl. The molecule has 1 aliphatic heterocycles. The van der Waals surface area contributed by atoms with Gasteiger partial charge in [-0.05, 0) is 26.3 Å². The largest absolute Gasteiger partial charge is 0.372 e. The van der Waals surface area contributed by atoms with E-state index in [2.05, 4.69) is 5.32 Å². The normalized spacial score (nSPS) is 20.4. The van der Waals surface area contributed by atoms with Crippen LogP contribution in [0.2, 0.25) is 0 Å². The average molecular weight is 251 g/mol. The highest BCUT2D eigenvalue weighted by molar-refractivity contribution is 5.85. The molecule has 1 unspecified atom stereocenters. The summed E-state index contributed by atoms with van der Waals surface area (Å²) >= 11 is 0. The standard InChI is InChI=1S/C11H22N2O2.ClH/c1-3-7-15-9-11(14)13-6-4-5-10(8-13)12-2;/h10,12H,3-9H2,1-2H3;1H. The van der Waals surface area contributed by atoms with Crippen LogP contribution in [-0.2, 0) is 9.53 Å². The monoisotopic (exact) mass is 250 g/mol.